The van der Waals surface area contributed by atoms with Crippen molar-refractivity contribution in [1.29, 1.82) is 5.41 Å². The fourth-order valence-electron chi connectivity index (χ4n) is 2.42. The second kappa shape index (κ2) is 8.69. The van der Waals surface area contributed by atoms with Crippen LogP contribution in [-0.4, -0.2) is 17.7 Å². The smallest absolute Gasteiger partial charge is 0.264 e. The molecule has 0 unspecified atom stereocenters. The number of hydrogen-bond donors (Lipinski definition) is 2. The van der Waals surface area contributed by atoms with Gasteiger partial charge in [0.2, 0.25) is 0 Å². The van der Waals surface area contributed by atoms with Gasteiger partial charge in [-0.25, -0.2) is 0 Å². The maximum absolute atomic E-state index is 11.8. The van der Waals surface area contributed by atoms with Gasteiger partial charge < -0.3 is 14.8 Å². The second-order valence-electron chi connectivity index (χ2n) is 5.52. The molecular weight excluding hydrogens is 407 g/mol. The predicted molar refractivity (Wildman–Crippen MR) is 110 cm³/mol. The van der Waals surface area contributed by atoms with E-state index in [4.69, 9.17) is 38.1 Å². The zero-order chi connectivity index (χ0) is 19.4. The number of rotatable bonds is 6. The Morgan fingerprint density at radius 2 is 1.89 bits per heavy atom. The Balaban J connectivity index is 1.83. The Labute approximate surface area is 171 Å². The standard InChI is InChI=1S/C19H16Cl2N2O3S/c1-2-25-16-8-11(9-17-18(24)23-19(22)27-17)6-7-15(16)26-10-12-13(20)4-3-5-14(12)21/h3-9H,2,10H2,1H3,(H2,22,23,24)/b17-9-. The summed E-state index contributed by atoms with van der Waals surface area (Å²) in [6, 6.07) is 10.7. The van der Waals surface area contributed by atoms with Crippen molar-refractivity contribution in [3.05, 3.63) is 62.5 Å². The summed E-state index contributed by atoms with van der Waals surface area (Å²) in [4.78, 5) is 12.2. The van der Waals surface area contributed by atoms with Crippen molar-refractivity contribution in [3.63, 3.8) is 0 Å². The highest BCUT2D eigenvalue weighted by atomic mass is 35.5. The summed E-state index contributed by atoms with van der Waals surface area (Å²) < 4.78 is 11.5. The minimum atomic E-state index is -0.281. The lowest BCUT2D eigenvalue weighted by molar-refractivity contribution is -0.115. The molecule has 1 saturated heterocycles. The highest BCUT2D eigenvalue weighted by Gasteiger charge is 2.22. The summed E-state index contributed by atoms with van der Waals surface area (Å²) in [7, 11) is 0. The molecule has 0 spiro atoms. The van der Waals surface area contributed by atoms with Crippen LogP contribution < -0.4 is 14.8 Å². The van der Waals surface area contributed by atoms with Gasteiger partial charge in [0.25, 0.3) is 5.91 Å². The molecule has 140 valence electrons. The molecule has 2 N–H and O–H groups in total. The SMILES string of the molecule is CCOc1cc(/C=C2\SC(=N)NC2=O)ccc1OCc1c(Cl)cccc1Cl. The summed E-state index contributed by atoms with van der Waals surface area (Å²) >= 11 is 13.4. The predicted octanol–water partition coefficient (Wildman–Crippen LogP) is 5.11. The Hall–Kier alpha value is -2.15. The summed E-state index contributed by atoms with van der Waals surface area (Å²) in [6.07, 6.45) is 1.71. The minimum absolute atomic E-state index is 0.118. The molecule has 27 heavy (non-hydrogen) atoms. The second-order valence-corrected chi connectivity index (χ2v) is 7.39. The van der Waals surface area contributed by atoms with E-state index in [0.717, 1.165) is 17.3 Å². The summed E-state index contributed by atoms with van der Waals surface area (Å²) in [5.41, 5.74) is 1.47. The van der Waals surface area contributed by atoms with Gasteiger partial charge in [-0.1, -0.05) is 35.3 Å². The zero-order valence-electron chi connectivity index (χ0n) is 14.3. The van der Waals surface area contributed by atoms with Gasteiger partial charge in [0.1, 0.15) is 6.61 Å². The van der Waals surface area contributed by atoms with Gasteiger partial charge in [-0.3, -0.25) is 10.2 Å². The third-order valence-electron chi connectivity index (χ3n) is 3.66. The first-order valence-electron chi connectivity index (χ1n) is 8.10. The van der Waals surface area contributed by atoms with Crippen LogP contribution in [0.3, 0.4) is 0 Å². The third-order valence-corrected chi connectivity index (χ3v) is 5.20. The molecule has 1 heterocycles. The molecule has 2 aromatic rings. The van der Waals surface area contributed by atoms with Gasteiger partial charge in [0.05, 0.1) is 11.5 Å². The molecule has 1 aliphatic rings. The first kappa shape index (κ1) is 19.6. The van der Waals surface area contributed by atoms with Crippen molar-refractivity contribution in [3.8, 4) is 11.5 Å². The first-order chi connectivity index (χ1) is 13.0. The van der Waals surface area contributed by atoms with E-state index in [-0.39, 0.29) is 17.7 Å². The third kappa shape index (κ3) is 4.77. The molecule has 0 saturated carbocycles. The van der Waals surface area contributed by atoms with Gasteiger partial charge >= 0.3 is 0 Å². The topological polar surface area (TPSA) is 71.4 Å². The van der Waals surface area contributed by atoms with Crippen LogP contribution in [0.1, 0.15) is 18.1 Å². The average molecular weight is 423 g/mol. The fraction of sp³-hybridized carbons (Fsp3) is 0.158. The Morgan fingerprint density at radius 1 is 1.15 bits per heavy atom. The molecule has 0 aromatic heterocycles. The van der Waals surface area contributed by atoms with Crippen LogP contribution in [0.4, 0.5) is 0 Å². The van der Waals surface area contributed by atoms with E-state index in [0.29, 0.717) is 38.6 Å². The van der Waals surface area contributed by atoms with Crippen LogP contribution in [-0.2, 0) is 11.4 Å². The lowest BCUT2D eigenvalue weighted by atomic mass is 10.2. The van der Waals surface area contributed by atoms with Crippen molar-refractivity contribution in [2.45, 2.75) is 13.5 Å². The van der Waals surface area contributed by atoms with Crippen LogP contribution >= 0.6 is 35.0 Å². The van der Waals surface area contributed by atoms with Gasteiger partial charge in [-0.05, 0) is 54.6 Å². The average Bonchev–Trinajstić information content (AvgIpc) is 2.93. The number of carbonyl (C=O) groups excluding carboxylic acids is 1. The number of nitrogens with one attached hydrogen (secondary N) is 2. The monoisotopic (exact) mass is 422 g/mol. The lowest BCUT2D eigenvalue weighted by Gasteiger charge is -2.14. The van der Waals surface area contributed by atoms with Crippen LogP contribution in [0.5, 0.6) is 11.5 Å². The number of hydrogen-bond acceptors (Lipinski definition) is 5. The number of amidine groups is 1. The van der Waals surface area contributed by atoms with Gasteiger partial charge in [0, 0.05) is 15.6 Å². The molecule has 3 rings (SSSR count). The van der Waals surface area contributed by atoms with E-state index in [1.165, 1.54) is 0 Å². The van der Waals surface area contributed by atoms with E-state index in [1.54, 1.807) is 36.4 Å². The number of thioether (sulfide) groups is 1. The molecule has 1 fully saturated rings. The highest BCUT2D eigenvalue weighted by molar-refractivity contribution is 8.18. The van der Waals surface area contributed by atoms with E-state index < -0.39 is 0 Å². The van der Waals surface area contributed by atoms with Crippen molar-refractivity contribution in [1.82, 2.24) is 5.32 Å². The highest BCUT2D eigenvalue weighted by Crippen LogP contribution is 2.33. The van der Waals surface area contributed by atoms with Crippen LogP contribution in [0.15, 0.2) is 41.3 Å². The number of benzene rings is 2. The maximum Gasteiger partial charge on any atom is 0.264 e. The zero-order valence-corrected chi connectivity index (χ0v) is 16.7. The van der Waals surface area contributed by atoms with Gasteiger partial charge in [-0.15, -0.1) is 0 Å². The number of amides is 1. The van der Waals surface area contributed by atoms with Crippen LogP contribution in [0.2, 0.25) is 10.0 Å². The normalized spacial score (nSPS) is 15.1. The van der Waals surface area contributed by atoms with Crippen LogP contribution in [0, 0.1) is 5.41 Å². The van der Waals surface area contributed by atoms with Crippen molar-refractivity contribution in [2.75, 3.05) is 6.61 Å². The Bertz CT molecular complexity index is 911. The molecular formula is C19H16Cl2N2O3S. The molecule has 0 atom stereocenters. The number of carbonyl (C=O) groups is 1. The molecule has 1 amide bonds. The van der Waals surface area contributed by atoms with Crippen molar-refractivity contribution >= 4 is 52.1 Å². The van der Waals surface area contributed by atoms with Gasteiger partial charge in [-0.2, -0.15) is 0 Å². The molecule has 0 aliphatic carbocycles. The Kier molecular flexibility index (Phi) is 6.31. The lowest BCUT2D eigenvalue weighted by Crippen LogP contribution is -2.18. The largest absolute Gasteiger partial charge is 0.490 e. The van der Waals surface area contributed by atoms with Crippen LogP contribution in [0.25, 0.3) is 6.08 Å². The molecule has 2 aromatic carbocycles. The van der Waals surface area contributed by atoms with E-state index in [2.05, 4.69) is 5.32 Å². The van der Waals surface area contributed by atoms with Gasteiger partial charge in [0.15, 0.2) is 16.7 Å². The summed E-state index contributed by atoms with van der Waals surface area (Å²) in [6.45, 7) is 2.54. The molecule has 8 heteroatoms. The number of ether oxygens (including phenoxy) is 2. The first-order valence-corrected chi connectivity index (χ1v) is 9.67. The van der Waals surface area contributed by atoms with E-state index in [9.17, 15) is 4.79 Å². The summed E-state index contributed by atoms with van der Waals surface area (Å²) in [5.74, 6) is 0.816. The summed E-state index contributed by atoms with van der Waals surface area (Å²) in [5, 5.41) is 11.1. The molecule has 5 nitrogen and oxygen atoms in total. The van der Waals surface area contributed by atoms with Crippen molar-refractivity contribution < 1.29 is 14.3 Å². The quantitative estimate of drug-likeness (QED) is 0.634. The van der Waals surface area contributed by atoms with E-state index in [1.807, 2.05) is 13.0 Å². The number of halogens is 2. The Morgan fingerprint density at radius 3 is 2.52 bits per heavy atom. The molecule has 0 radical (unpaired) electrons. The molecule has 0 bridgehead atoms. The molecule has 1 aliphatic heterocycles. The maximum atomic E-state index is 11.8. The van der Waals surface area contributed by atoms with E-state index >= 15 is 0 Å². The van der Waals surface area contributed by atoms with Crippen molar-refractivity contribution in [2.24, 2.45) is 0 Å². The fourth-order valence-corrected chi connectivity index (χ4v) is 3.62. The minimum Gasteiger partial charge on any atom is -0.490 e.